The van der Waals surface area contributed by atoms with Crippen LogP contribution in [0.4, 0.5) is 0 Å². The molecule has 1 heteroatoms. The molecule has 1 aliphatic heterocycles. The van der Waals surface area contributed by atoms with Gasteiger partial charge < -0.3 is 4.90 Å². The van der Waals surface area contributed by atoms with Crippen LogP contribution in [0.1, 0.15) is 13.3 Å². The van der Waals surface area contributed by atoms with Gasteiger partial charge in [-0.15, -0.1) is 0 Å². The van der Waals surface area contributed by atoms with Crippen LogP contribution in [-0.2, 0) is 0 Å². The van der Waals surface area contributed by atoms with E-state index in [0.29, 0.717) is 0 Å². The molecule has 0 saturated carbocycles. The third-order valence-corrected chi connectivity index (χ3v) is 1.74. The Morgan fingerprint density at radius 2 is 2.33 bits per heavy atom. The van der Waals surface area contributed by atoms with Crippen LogP contribution in [0.25, 0.3) is 0 Å². The summed E-state index contributed by atoms with van der Waals surface area (Å²) in [7, 11) is 2.09. The van der Waals surface area contributed by atoms with Crippen LogP contribution in [0.2, 0.25) is 0 Å². The van der Waals surface area contributed by atoms with E-state index in [1.54, 1.807) is 0 Å². The van der Waals surface area contributed by atoms with Gasteiger partial charge in [0.15, 0.2) is 0 Å². The first-order valence-corrected chi connectivity index (χ1v) is 3.27. The van der Waals surface area contributed by atoms with E-state index in [2.05, 4.69) is 31.7 Å². The van der Waals surface area contributed by atoms with E-state index in [0.717, 1.165) is 13.0 Å². The van der Waals surface area contributed by atoms with Crippen molar-refractivity contribution in [3.8, 4) is 0 Å². The minimum Gasteiger partial charge on any atom is -0.380 e. The van der Waals surface area contributed by atoms with E-state index in [4.69, 9.17) is 0 Å². The monoisotopic (exact) mass is 123 g/mol. The highest BCUT2D eigenvalue weighted by atomic mass is 15.1. The zero-order valence-corrected chi connectivity index (χ0v) is 6.15. The van der Waals surface area contributed by atoms with Gasteiger partial charge in [0.2, 0.25) is 0 Å². The zero-order chi connectivity index (χ0) is 6.85. The van der Waals surface area contributed by atoms with Gasteiger partial charge >= 0.3 is 0 Å². The summed E-state index contributed by atoms with van der Waals surface area (Å²) in [6.45, 7) is 7.16. The Bertz CT molecular complexity index is 156. The van der Waals surface area contributed by atoms with Gasteiger partial charge in [0.1, 0.15) is 0 Å². The summed E-state index contributed by atoms with van der Waals surface area (Å²) < 4.78 is 0. The Kier molecular flexibility index (Phi) is 1.60. The van der Waals surface area contributed by atoms with Crippen molar-refractivity contribution in [3.05, 3.63) is 23.9 Å². The first kappa shape index (κ1) is 6.40. The highest BCUT2D eigenvalue weighted by Gasteiger charge is 2.05. The van der Waals surface area contributed by atoms with Crippen molar-refractivity contribution in [1.29, 1.82) is 0 Å². The molecule has 0 N–H and O–H groups in total. The minimum absolute atomic E-state index is 1.12. The lowest BCUT2D eigenvalue weighted by Gasteiger charge is -2.22. The van der Waals surface area contributed by atoms with E-state index in [9.17, 15) is 0 Å². The lowest BCUT2D eigenvalue weighted by Crippen LogP contribution is -2.17. The summed E-state index contributed by atoms with van der Waals surface area (Å²) in [6, 6.07) is 0. The van der Waals surface area contributed by atoms with Gasteiger partial charge in [-0.2, -0.15) is 0 Å². The maximum Gasteiger partial charge on any atom is 0.0209 e. The molecular formula is C8H13N. The maximum atomic E-state index is 3.93. The molecule has 0 radical (unpaired) electrons. The van der Waals surface area contributed by atoms with Crippen LogP contribution in [0.15, 0.2) is 23.9 Å². The van der Waals surface area contributed by atoms with Crippen molar-refractivity contribution < 1.29 is 0 Å². The van der Waals surface area contributed by atoms with Crippen molar-refractivity contribution in [2.75, 3.05) is 13.6 Å². The van der Waals surface area contributed by atoms with Gasteiger partial charge in [-0.1, -0.05) is 6.58 Å². The van der Waals surface area contributed by atoms with Gasteiger partial charge in [-0.3, -0.25) is 0 Å². The summed E-state index contributed by atoms with van der Waals surface area (Å²) in [5, 5.41) is 0. The second-order valence-electron chi connectivity index (χ2n) is 2.65. The average molecular weight is 123 g/mol. The quantitative estimate of drug-likeness (QED) is 0.474. The van der Waals surface area contributed by atoms with Crippen molar-refractivity contribution in [2.24, 2.45) is 0 Å². The molecule has 0 saturated heterocycles. The highest BCUT2D eigenvalue weighted by molar-refractivity contribution is 5.27. The van der Waals surface area contributed by atoms with Gasteiger partial charge in [-0.05, 0) is 24.5 Å². The molecule has 0 aromatic carbocycles. The molecule has 1 rings (SSSR count). The molecule has 0 aromatic heterocycles. The van der Waals surface area contributed by atoms with Gasteiger partial charge in [0.25, 0.3) is 0 Å². The van der Waals surface area contributed by atoms with E-state index in [1.807, 2.05) is 0 Å². The van der Waals surface area contributed by atoms with Crippen molar-refractivity contribution >= 4 is 0 Å². The number of nitrogens with zero attached hydrogens (tertiary/aromatic N) is 1. The summed E-state index contributed by atoms with van der Waals surface area (Å²) in [6.07, 6.45) is 3.27. The Balaban J connectivity index is 2.72. The maximum absolute atomic E-state index is 3.93. The van der Waals surface area contributed by atoms with Crippen LogP contribution < -0.4 is 0 Å². The topological polar surface area (TPSA) is 3.24 Å². The molecule has 1 aliphatic rings. The molecule has 1 heterocycles. The molecule has 50 valence electrons. The lowest BCUT2D eigenvalue weighted by atomic mass is 10.0. The number of rotatable bonds is 0. The first-order valence-electron chi connectivity index (χ1n) is 3.27. The predicted molar refractivity (Wildman–Crippen MR) is 40.1 cm³/mol. The second-order valence-corrected chi connectivity index (χ2v) is 2.65. The SMILES string of the molecule is C=C1CCN(C)C=C1C. The summed E-state index contributed by atoms with van der Waals surface area (Å²) in [5.41, 5.74) is 2.61. The van der Waals surface area contributed by atoms with Crippen LogP contribution in [0.3, 0.4) is 0 Å². The minimum atomic E-state index is 1.12. The first-order chi connectivity index (χ1) is 4.20. The van der Waals surface area contributed by atoms with Gasteiger partial charge in [-0.25, -0.2) is 0 Å². The summed E-state index contributed by atoms with van der Waals surface area (Å²) >= 11 is 0. The Labute approximate surface area is 56.7 Å². The molecule has 0 bridgehead atoms. The third-order valence-electron chi connectivity index (χ3n) is 1.74. The fourth-order valence-corrected chi connectivity index (χ4v) is 0.995. The summed E-state index contributed by atoms with van der Waals surface area (Å²) in [4.78, 5) is 2.20. The number of allylic oxidation sites excluding steroid dienone is 1. The van der Waals surface area contributed by atoms with Gasteiger partial charge in [0.05, 0.1) is 0 Å². The van der Waals surface area contributed by atoms with Crippen LogP contribution in [0, 0.1) is 0 Å². The molecule has 0 unspecified atom stereocenters. The fraction of sp³-hybridized carbons (Fsp3) is 0.500. The van der Waals surface area contributed by atoms with Crippen LogP contribution >= 0.6 is 0 Å². The molecule has 0 aromatic rings. The van der Waals surface area contributed by atoms with E-state index in [-0.39, 0.29) is 0 Å². The predicted octanol–water partition coefficient (Wildman–Crippen LogP) is 1.78. The average Bonchev–Trinajstić information content (AvgIpc) is 1.80. The summed E-state index contributed by atoms with van der Waals surface area (Å²) in [5.74, 6) is 0. The van der Waals surface area contributed by atoms with Crippen LogP contribution in [0.5, 0.6) is 0 Å². The second kappa shape index (κ2) is 2.26. The van der Waals surface area contributed by atoms with E-state index >= 15 is 0 Å². The third kappa shape index (κ3) is 1.35. The van der Waals surface area contributed by atoms with Crippen LogP contribution in [-0.4, -0.2) is 18.5 Å². The standard InChI is InChI=1S/C8H13N/c1-7-4-5-9(3)6-8(7)2/h6H,1,4-5H2,2-3H3. The smallest absolute Gasteiger partial charge is 0.0209 e. The normalized spacial score (nSPS) is 20.0. The van der Waals surface area contributed by atoms with E-state index < -0.39 is 0 Å². The Hall–Kier alpha value is -0.720. The molecule has 9 heavy (non-hydrogen) atoms. The van der Waals surface area contributed by atoms with Crippen molar-refractivity contribution in [2.45, 2.75) is 13.3 Å². The Morgan fingerprint density at radius 1 is 1.67 bits per heavy atom. The van der Waals surface area contributed by atoms with Crippen molar-refractivity contribution in [3.63, 3.8) is 0 Å². The molecule has 0 spiro atoms. The van der Waals surface area contributed by atoms with Gasteiger partial charge in [0, 0.05) is 19.8 Å². The van der Waals surface area contributed by atoms with E-state index in [1.165, 1.54) is 11.1 Å². The molecule has 0 fully saturated rings. The number of hydrogen-bond acceptors (Lipinski definition) is 1. The molecular weight excluding hydrogens is 110 g/mol. The van der Waals surface area contributed by atoms with Crippen molar-refractivity contribution in [1.82, 2.24) is 4.90 Å². The highest BCUT2D eigenvalue weighted by Crippen LogP contribution is 2.16. The molecule has 0 atom stereocenters. The zero-order valence-electron chi connectivity index (χ0n) is 6.15. The fourth-order valence-electron chi connectivity index (χ4n) is 0.995. The Morgan fingerprint density at radius 3 is 2.78 bits per heavy atom. The lowest BCUT2D eigenvalue weighted by molar-refractivity contribution is 0.443. The molecule has 1 nitrogen and oxygen atoms in total. The largest absolute Gasteiger partial charge is 0.380 e. The molecule has 0 aliphatic carbocycles. The number of hydrogen-bond donors (Lipinski definition) is 0. The molecule has 0 amide bonds.